The summed E-state index contributed by atoms with van der Waals surface area (Å²) < 4.78 is 10.7. The van der Waals surface area contributed by atoms with E-state index in [-0.39, 0.29) is 6.61 Å². The van der Waals surface area contributed by atoms with Gasteiger partial charge in [0.2, 0.25) is 0 Å². The molecule has 1 unspecified atom stereocenters. The van der Waals surface area contributed by atoms with Crippen molar-refractivity contribution in [3.63, 3.8) is 0 Å². The Morgan fingerprint density at radius 1 is 1.24 bits per heavy atom. The minimum atomic E-state index is -0.529. The molecule has 1 atom stereocenters. The first-order valence-corrected chi connectivity index (χ1v) is 7.39. The number of aliphatic hydroxyl groups is 1. The van der Waals surface area contributed by atoms with Crippen LogP contribution in [-0.2, 0) is 11.3 Å². The molecule has 0 aliphatic rings. The van der Waals surface area contributed by atoms with Crippen LogP contribution in [0.25, 0.3) is 0 Å². The highest BCUT2D eigenvalue weighted by Gasteiger charge is 2.15. The van der Waals surface area contributed by atoms with Gasteiger partial charge >= 0.3 is 0 Å². The first-order valence-electron chi connectivity index (χ1n) is 7.39. The Morgan fingerprint density at radius 3 is 2.43 bits per heavy atom. The SMILES string of the molecule is COCCN(CC(O)COc1ccc(CN)cc1)C(C)C. The zero-order chi connectivity index (χ0) is 15.7. The van der Waals surface area contributed by atoms with Crippen LogP contribution in [0.15, 0.2) is 24.3 Å². The largest absolute Gasteiger partial charge is 0.491 e. The standard InChI is InChI=1S/C16H28N2O3/c1-13(2)18(8-9-20-3)11-15(19)12-21-16-6-4-14(10-17)5-7-16/h4-7,13,15,19H,8-12,17H2,1-3H3. The van der Waals surface area contributed by atoms with Gasteiger partial charge < -0.3 is 20.3 Å². The van der Waals surface area contributed by atoms with Crippen LogP contribution in [0.3, 0.4) is 0 Å². The summed E-state index contributed by atoms with van der Waals surface area (Å²) in [6.45, 7) is 7.04. The first-order chi connectivity index (χ1) is 10.1. The summed E-state index contributed by atoms with van der Waals surface area (Å²) in [5.41, 5.74) is 6.61. The van der Waals surface area contributed by atoms with Crippen molar-refractivity contribution in [1.82, 2.24) is 4.90 Å². The van der Waals surface area contributed by atoms with Crippen LogP contribution in [0.1, 0.15) is 19.4 Å². The second-order valence-corrected chi connectivity index (χ2v) is 5.39. The number of nitrogens with two attached hydrogens (primary N) is 1. The molecule has 1 aromatic carbocycles. The Labute approximate surface area is 127 Å². The lowest BCUT2D eigenvalue weighted by atomic mass is 10.2. The van der Waals surface area contributed by atoms with E-state index in [2.05, 4.69) is 18.7 Å². The van der Waals surface area contributed by atoms with Crippen LogP contribution < -0.4 is 10.5 Å². The summed E-state index contributed by atoms with van der Waals surface area (Å²) in [5, 5.41) is 10.1. The number of hydrogen-bond acceptors (Lipinski definition) is 5. The zero-order valence-electron chi connectivity index (χ0n) is 13.3. The van der Waals surface area contributed by atoms with Gasteiger partial charge in [0.05, 0.1) is 6.61 Å². The summed E-state index contributed by atoms with van der Waals surface area (Å²) in [7, 11) is 1.68. The van der Waals surface area contributed by atoms with Gasteiger partial charge in [0, 0.05) is 32.8 Å². The molecule has 0 saturated carbocycles. The van der Waals surface area contributed by atoms with Crippen molar-refractivity contribution in [2.24, 2.45) is 5.73 Å². The summed E-state index contributed by atoms with van der Waals surface area (Å²) in [4.78, 5) is 2.18. The molecule has 5 nitrogen and oxygen atoms in total. The van der Waals surface area contributed by atoms with E-state index in [1.165, 1.54) is 0 Å². The van der Waals surface area contributed by atoms with E-state index >= 15 is 0 Å². The Balaban J connectivity index is 2.38. The minimum absolute atomic E-state index is 0.276. The summed E-state index contributed by atoms with van der Waals surface area (Å²) in [6, 6.07) is 7.97. The quantitative estimate of drug-likeness (QED) is 0.680. The molecule has 1 rings (SSSR count). The van der Waals surface area contributed by atoms with Crippen LogP contribution in [0.4, 0.5) is 0 Å². The molecule has 1 aromatic rings. The van der Waals surface area contributed by atoms with Crippen LogP contribution in [-0.4, -0.2) is 55.6 Å². The molecule has 0 radical (unpaired) electrons. The average Bonchev–Trinajstić information content (AvgIpc) is 2.49. The molecular formula is C16H28N2O3. The van der Waals surface area contributed by atoms with E-state index < -0.39 is 6.10 Å². The Kier molecular flexibility index (Phi) is 8.30. The number of methoxy groups -OCH3 is 1. The van der Waals surface area contributed by atoms with Gasteiger partial charge in [-0.25, -0.2) is 0 Å². The molecule has 5 heteroatoms. The van der Waals surface area contributed by atoms with E-state index in [1.807, 2.05) is 24.3 Å². The van der Waals surface area contributed by atoms with Crippen LogP contribution in [0.2, 0.25) is 0 Å². The van der Waals surface area contributed by atoms with E-state index in [0.717, 1.165) is 17.9 Å². The molecular weight excluding hydrogens is 268 g/mol. The maximum Gasteiger partial charge on any atom is 0.119 e. The molecule has 0 aromatic heterocycles. The van der Waals surface area contributed by atoms with Crippen molar-refractivity contribution in [1.29, 1.82) is 0 Å². The van der Waals surface area contributed by atoms with Crippen molar-refractivity contribution in [3.8, 4) is 5.75 Å². The lowest BCUT2D eigenvalue weighted by Gasteiger charge is -2.28. The van der Waals surface area contributed by atoms with Crippen molar-refractivity contribution < 1.29 is 14.6 Å². The first kappa shape index (κ1) is 17.9. The summed E-state index contributed by atoms with van der Waals surface area (Å²) in [6.07, 6.45) is -0.529. The van der Waals surface area contributed by atoms with Gasteiger partial charge in [0.25, 0.3) is 0 Å². The predicted molar refractivity (Wildman–Crippen MR) is 84.4 cm³/mol. The van der Waals surface area contributed by atoms with E-state index in [9.17, 15) is 5.11 Å². The number of nitrogens with zero attached hydrogens (tertiary/aromatic N) is 1. The van der Waals surface area contributed by atoms with Gasteiger partial charge in [-0.3, -0.25) is 4.90 Å². The maximum absolute atomic E-state index is 10.1. The third kappa shape index (κ3) is 6.91. The molecule has 0 fully saturated rings. The van der Waals surface area contributed by atoms with Crippen LogP contribution in [0, 0.1) is 0 Å². The summed E-state index contributed by atoms with van der Waals surface area (Å²) >= 11 is 0. The van der Waals surface area contributed by atoms with Gasteiger partial charge in [-0.1, -0.05) is 12.1 Å². The number of rotatable bonds is 10. The van der Waals surface area contributed by atoms with E-state index in [4.69, 9.17) is 15.2 Å². The normalized spacial score (nSPS) is 12.9. The molecule has 0 bridgehead atoms. The number of hydrogen-bond donors (Lipinski definition) is 2. The van der Waals surface area contributed by atoms with E-state index in [1.54, 1.807) is 7.11 Å². The third-order valence-corrected chi connectivity index (χ3v) is 3.36. The minimum Gasteiger partial charge on any atom is -0.491 e. The highest BCUT2D eigenvalue weighted by atomic mass is 16.5. The predicted octanol–water partition coefficient (Wildman–Crippen LogP) is 1.24. The monoisotopic (exact) mass is 296 g/mol. The molecule has 0 heterocycles. The van der Waals surface area contributed by atoms with Gasteiger partial charge in [-0.05, 0) is 31.5 Å². The second-order valence-electron chi connectivity index (χ2n) is 5.39. The zero-order valence-corrected chi connectivity index (χ0v) is 13.3. The molecule has 0 aliphatic carbocycles. The van der Waals surface area contributed by atoms with Gasteiger partial charge in [-0.15, -0.1) is 0 Å². The Morgan fingerprint density at radius 2 is 1.90 bits per heavy atom. The molecule has 0 aliphatic heterocycles. The lowest BCUT2D eigenvalue weighted by molar-refractivity contribution is 0.0453. The van der Waals surface area contributed by atoms with Crippen molar-refractivity contribution >= 4 is 0 Å². The van der Waals surface area contributed by atoms with Gasteiger partial charge in [-0.2, -0.15) is 0 Å². The Hall–Kier alpha value is -1.14. The van der Waals surface area contributed by atoms with Gasteiger partial charge in [0.15, 0.2) is 0 Å². The topological polar surface area (TPSA) is 68.0 Å². The highest BCUT2D eigenvalue weighted by molar-refractivity contribution is 5.27. The number of benzene rings is 1. The molecule has 0 spiro atoms. The van der Waals surface area contributed by atoms with Crippen molar-refractivity contribution in [3.05, 3.63) is 29.8 Å². The lowest BCUT2D eigenvalue weighted by Crippen LogP contribution is -2.41. The summed E-state index contributed by atoms with van der Waals surface area (Å²) in [5.74, 6) is 0.749. The fourth-order valence-corrected chi connectivity index (χ4v) is 2.01. The molecule has 0 amide bonds. The van der Waals surface area contributed by atoms with E-state index in [0.29, 0.717) is 25.7 Å². The number of aliphatic hydroxyl groups excluding tert-OH is 1. The molecule has 120 valence electrons. The number of ether oxygens (including phenoxy) is 2. The molecule has 0 saturated heterocycles. The fourth-order valence-electron chi connectivity index (χ4n) is 2.01. The maximum atomic E-state index is 10.1. The third-order valence-electron chi connectivity index (χ3n) is 3.36. The average molecular weight is 296 g/mol. The van der Waals surface area contributed by atoms with Crippen molar-refractivity contribution in [2.45, 2.75) is 32.5 Å². The smallest absolute Gasteiger partial charge is 0.119 e. The van der Waals surface area contributed by atoms with Gasteiger partial charge in [0.1, 0.15) is 18.5 Å². The van der Waals surface area contributed by atoms with Crippen molar-refractivity contribution in [2.75, 3.05) is 33.4 Å². The van der Waals surface area contributed by atoms with Crippen LogP contribution in [0.5, 0.6) is 5.75 Å². The molecule has 21 heavy (non-hydrogen) atoms. The Bertz CT molecular complexity index is 382. The van der Waals surface area contributed by atoms with Crippen LogP contribution >= 0.6 is 0 Å². The second kappa shape index (κ2) is 9.73. The molecule has 3 N–H and O–H groups in total. The highest BCUT2D eigenvalue weighted by Crippen LogP contribution is 2.12. The fraction of sp³-hybridized carbons (Fsp3) is 0.625.